The zero-order valence-corrected chi connectivity index (χ0v) is 17.5. The number of rotatable bonds is 4. The minimum atomic E-state index is -0.648. The Morgan fingerprint density at radius 3 is 2.70 bits per heavy atom. The number of ether oxygens (including phenoxy) is 2. The van der Waals surface area contributed by atoms with Crippen molar-refractivity contribution in [1.29, 1.82) is 0 Å². The third kappa shape index (κ3) is 3.52. The molecule has 1 aromatic carbocycles. The highest BCUT2D eigenvalue weighted by Crippen LogP contribution is 2.35. The summed E-state index contributed by atoms with van der Waals surface area (Å²) in [6.45, 7) is 2.98. The van der Waals surface area contributed by atoms with Crippen molar-refractivity contribution in [3.8, 4) is 11.4 Å². The lowest BCUT2D eigenvalue weighted by Crippen LogP contribution is -2.27. The number of methoxy groups -OCH3 is 2. The van der Waals surface area contributed by atoms with Crippen molar-refractivity contribution in [2.24, 2.45) is 0 Å². The standard InChI is InChI=1S/C21H20N4O4S/c1-13-12-25-18(22-23-21(25)30-13)14-7-6-8-15(11-14)24-10-5-4-9-16(19(26)28-2)17(24)20(27)29-3/h4-11,13H,12H2,1-3H3. The fraction of sp³-hybridized carbons (Fsp3) is 0.238. The van der Waals surface area contributed by atoms with Gasteiger partial charge in [-0.1, -0.05) is 36.9 Å². The van der Waals surface area contributed by atoms with Crippen molar-refractivity contribution in [1.82, 2.24) is 14.8 Å². The minimum absolute atomic E-state index is 0.0714. The molecular weight excluding hydrogens is 404 g/mol. The summed E-state index contributed by atoms with van der Waals surface area (Å²) in [5, 5.41) is 9.95. The van der Waals surface area contributed by atoms with Crippen LogP contribution in [0.1, 0.15) is 6.92 Å². The van der Waals surface area contributed by atoms with E-state index >= 15 is 0 Å². The lowest BCUT2D eigenvalue weighted by molar-refractivity contribution is -0.139. The van der Waals surface area contributed by atoms with E-state index in [1.165, 1.54) is 20.3 Å². The van der Waals surface area contributed by atoms with Crippen molar-refractivity contribution < 1.29 is 19.1 Å². The van der Waals surface area contributed by atoms with Crippen molar-refractivity contribution >= 4 is 29.4 Å². The maximum absolute atomic E-state index is 12.6. The van der Waals surface area contributed by atoms with Crippen LogP contribution in [0.2, 0.25) is 0 Å². The highest BCUT2D eigenvalue weighted by molar-refractivity contribution is 7.99. The molecular formula is C21H20N4O4S. The first-order chi connectivity index (χ1) is 14.5. The maximum Gasteiger partial charge on any atom is 0.355 e. The Morgan fingerprint density at radius 1 is 1.13 bits per heavy atom. The SMILES string of the molecule is COC(=O)C1=C(C(=O)OC)N(c2cccc(-c3nnc4n3CC(C)S4)c2)C=CC=C1. The van der Waals surface area contributed by atoms with Gasteiger partial charge in [-0.25, -0.2) is 9.59 Å². The molecule has 30 heavy (non-hydrogen) atoms. The van der Waals surface area contributed by atoms with Gasteiger partial charge in [0.1, 0.15) is 5.70 Å². The van der Waals surface area contributed by atoms with Crippen LogP contribution in [-0.2, 0) is 25.6 Å². The van der Waals surface area contributed by atoms with Crippen LogP contribution < -0.4 is 4.90 Å². The molecule has 9 heteroatoms. The van der Waals surface area contributed by atoms with Crippen LogP contribution in [0.5, 0.6) is 0 Å². The van der Waals surface area contributed by atoms with E-state index in [-0.39, 0.29) is 11.3 Å². The molecule has 154 valence electrons. The molecule has 0 N–H and O–H groups in total. The van der Waals surface area contributed by atoms with E-state index in [1.807, 2.05) is 24.3 Å². The molecule has 0 radical (unpaired) electrons. The smallest absolute Gasteiger partial charge is 0.355 e. The van der Waals surface area contributed by atoms with Gasteiger partial charge in [-0.3, -0.25) is 0 Å². The van der Waals surface area contributed by atoms with Gasteiger partial charge in [-0.05, 0) is 24.3 Å². The predicted octanol–water partition coefficient (Wildman–Crippen LogP) is 2.93. The summed E-state index contributed by atoms with van der Waals surface area (Å²) in [7, 11) is 2.54. The number of carbonyl (C=O) groups excluding carboxylic acids is 2. The molecule has 0 bridgehead atoms. The first-order valence-electron chi connectivity index (χ1n) is 9.28. The first kappa shape index (κ1) is 20.0. The van der Waals surface area contributed by atoms with Crippen LogP contribution in [0, 0.1) is 0 Å². The Bertz CT molecular complexity index is 1100. The van der Waals surface area contributed by atoms with Gasteiger partial charge in [-0.15, -0.1) is 10.2 Å². The zero-order valence-electron chi connectivity index (χ0n) is 16.7. The molecule has 0 aliphatic carbocycles. The van der Waals surface area contributed by atoms with Crippen LogP contribution >= 0.6 is 11.8 Å². The molecule has 2 aliphatic heterocycles. The normalized spacial score (nSPS) is 17.7. The van der Waals surface area contributed by atoms with Crippen molar-refractivity contribution in [2.75, 3.05) is 19.1 Å². The number of benzene rings is 1. The van der Waals surface area contributed by atoms with E-state index in [0.717, 1.165) is 23.1 Å². The summed E-state index contributed by atoms with van der Waals surface area (Å²) in [4.78, 5) is 26.5. The van der Waals surface area contributed by atoms with Gasteiger partial charge in [0, 0.05) is 29.2 Å². The third-order valence-electron chi connectivity index (χ3n) is 4.73. The average Bonchev–Trinajstić information content (AvgIpc) is 3.23. The summed E-state index contributed by atoms with van der Waals surface area (Å²) in [6.07, 6.45) is 6.63. The molecule has 1 atom stereocenters. The van der Waals surface area contributed by atoms with E-state index in [1.54, 1.807) is 35.0 Å². The van der Waals surface area contributed by atoms with E-state index in [0.29, 0.717) is 10.9 Å². The van der Waals surface area contributed by atoms with Crippen LogP contribution in [0.4, 0.5) is 5.69 Å². The molecule has 0 spiro atoms. The summed E-state index contributed by atoms with van der Waals surface area (Å²) in [5.41, 5.74) is 1.70. The molecule has 8 nitrogen and oxygen atoms in total. The third-order valence-corrected chi connectivity index (χ3v) is 5.80. The van der Waals surface area contributed by atoms with Crippen molar-refractivity contribution in [3.05, 3.63) is 60.0 Å². The molecule has 1 unspecified atom stereocenters. The van der Waals surface area contributed by atoms with Gasteiger partial charge < -0.3 is 18.9 Å². The quantitative estimate of drug-likeness (QED) is 0.693. The van der Waals surface area contributed by atoms with Gasteiger partial charge in [0.25, 0.3) is 0 Å². The Hall–Kier alpha value is -3.33. The Labute approximate surface area is 177 Å². The fourth-order valence-corrected chi connectivity index (χ4v) is 4.35. The Balaban J connectivity index is 1.81. The molecule has 4 rings (SSSR count). The summed E-state index contributed by atoms with van der Waals surface area (Å²) >= 11 is 1.69. The van der Waals surface area contributed by atoms with E-state index in [9.17, 15) is 9.59 Å². The number of hydrogen-bond donors (Lipinski definition) is 0. The molecule has 0 saturated heterocycles. The van der Waals surface area contributed by atoms with E-state index in [4.69, 9.17) is 9.47 Å². The number of hydrogen-bond acceptors (Lipinski definition) is 8. The topological polar surface area (TPSA) is 86.6 Å². The number of fused-ring (bicyclic) bond motifs is 1. The molecule has 0 saturated carbocycles. The molecule has 2 aromatic rings. The number of thioether (sulfide) groups is 1. The lowest BCUT2D eigenvalue weighted by Gasteiger charge is -2.23. The average molecular weight is 424 g/mol. The van der Waals surface area contributed by atoms with Gasteiger partial charge >= 0.3 is 11.9 Å². The van der Waals surface area contributed by atoms with E-state index in [2.05, 4.69) is 21.7 Å². The second-order valence-corrected chi connectivity index (χ2v) is 8.12. The van der Waals surface area contributed by atoms with Crippen LogP contribution in [-0.4, -0.2) is 46.2 Å². The lowest BCUT2D eigenvalue weighted by atomic mass is 10.1. The summed E-state index contributed by atoms with van der Waals surface area (Å²) in [5.74, 6) is -0.513. The largest absolute Gasteiger partial charge is 0.465 e. The van der Waals surface area contributed by atoms with Crippen molar-refractivity contribution in [2.45, 2.75) is 23.9 Å². The van der Waals surface area contributed by atoms with Crippen LogP contribution in [0.3, 0.4) is 0 Å². The number of esters is 2. The van der Waals surface area contributed by atoms with Crippen LogP contribution in [0.15, 0.2) is 65.1 Å². The number of anilines is 1. The van der Waals surface area contributed by atoms with Crippen LogP contribution in [0.25, 0.3) is 11.4 Å². The monoisotopic (exact) mass is 424 g/mol. The second-order valence-electron chi connectivity index (χ2n) is 6.71. The van der Waals surface area contributed by atoms with Gasteiger partial charge in [-0.2, -0.15) is 0 Å². The number of nitrogens with zero attached hydrogens (tertiary/aromatic N) is 4. The molecule has 0 fully saturated rings. The number of allylic oxidation sites excluding steroid dienone is 2. The molecule has 2 aliphatic rings. The molecule has 1 aromatic heterocycles. The Morgan fingerprint density at radius 2 is 1.93 bits per heavy atom. The fourth-order valence-electron chi connectivity index (χ4n) is 3.39. The predicted molar refractivity (Wildman–Crippen MR) is 113 cm³/mol. The summed E-state index contributed by atoms with van der Waals surface area (Å²) < 4.78 is 11.9. The second kappa shape index (κ2) is 8.19. The summed E-state index contributed by atoms with van der Waals surface area (Å²) in [6, 6.07) is 7.56. The number of aromatic nitrogens is 3. The van der Waals surface area contributed by atoms with Gasteiger partial charge in [0.15, 0.2) is 11.0 Å². The van der Waals surface area contributed by atoms with Gasteiger partial charge in [0.2, 0.25) is 0 Å². The van der Waals surface area contributed by atoms with Crippen molar-refractivity contribution in [3.63, 3.8) is 0 Å². The minimum Gasteiger partial charge on any atom is -0.465 e. The Kier molecular flexibility index (Phi) is 5.45. The number of carbonyl (C=O) groups is 2. The molecule has 3 heterocycles. The van der Waals surface area contributed by atoms with Gasteiger partial charge in [0.05, 0.1) is 19.8 Å². The highest BCUT2D eigenvalue weighted by Gasteiger charge is 2.28. The first-order valence-corrected chi connectivity index (χ1v) is 10.2. The van der Waals surface area contributed by atoms with E-state index < -0.39 is 11.9 Å². The highest BCUT2D eigenvalue weighted by atomic mass is 32.2. The molecule has 0 amide bonds. The zero-order chi connectivity index (χ0) is 21.3. The maximum atomic E-state index is 12.6.